The Bertz CT molecular complexity index is 840. The third-order valence-electron chi connectivity index (χ3n) is 4.10. The van der Waals surface area contributed by atoms with Gasteiger partial charge in [-0.05, 0) is 25.1 Å². The Kier molecular flexibility index (Phi) is 4.41. The number of hydrogen-bond donors (Lipinski definition) is 2. The summed E-state index contributed by atoms with van der Waals surface area (Å²) in [7, 11) is 1.34. The molecule has 2 aromatic carbocycles. The Morgan fingerprint density at radius 1 is 1.32 bits per heavy atom. The molecule has 1 aliphatic heterocycles. The van der Waals surface area contributed by atoms with Crippen molar-refractivity contribution in [2.24, 2.45) is 0 Å². The van der Waals surface area contributed by atoms with E-state index in [1.807, 2.05) is 0 Å². The number of nitrogens with one attached hydrogen (secondary N) is 2. The number of anilines is 2. The Balaban J connectivity index is 1.86. The largest absolute Gasteiger partial charge is 0.482 e. The van der Waals surface area contributed by atoms with Crippen LogP contribution in [0.2, 0.25) is 0 Å². The number of hydrogen-bond acceptors (Lipinski definition) is 4. The molecule has 130 valence electrons. The molecule has 2 N–H and O–H groups in total. The molecule has 1 aliphatic rings. The van der Waals surface area contributed by atoms with Gasteiger partial charge in [0.15, 0.2) is 12.2 Å². The SMILES string of the molecule is CO[C@](C)(C(=O)Nc1ccc2c(c1)OCC(=O)N2)c1ccccc1F. The van der Waals surface area contributed by atoms with Gasteiger partial charge >= 0.3 is 0 Å². The molecule has 0 aromatic heterocycles. The van der Waals surface area contributed by atoms with Crippen LogP contribution in [0.4, 0.5) is 15.8 Å². The first kappa shape index (κ1) is 16.9. The van der Waals surface area contributed by atoms with Gasteiger partial charge in [0.2, 0.25) is 0 Å². The van der Waals surface area contributed by atoms with E-state index >= 15 is 0 Å². The lowest BCUT2D eigenvalue weighted by atomic mass is 9.94. The van der Waals surface area contributed by atoms with Crippen molar-refractivity contribution >= 4 is 23.2 Å². The summed E-state index contributed by atoms with van der Waals surface area (Å²) in [5.74, 6) is -0.850. The zero-order valence-corrected chi connectivity index (χ0v) is 13.8. The topological polar surface area (TPSA) is 76.7 Å². The predicted molar refractivity (Wildman–Crippen MR) is 90.0 cm³/mol. The summed E-state index contributed by atoms with van der Waals surface area (Å²) in [5.41, 5.74) is -0.398. The second kappa shape index (κ2) is 6.52. The maximum absolute atomic E-state index is 14.1. The first-order chi connectivity index (χ1) is 11.9. The number of halogens is 1. The molecular formula is C18H17FN2O4. The number of methoxy groups -OCH3 is 1. The van der Waals surface area contributed by atoms with Gasteiger partial charge in [-0.2, -0.15) is 0 Å². The molecule has 0 radical (unpaired) electrons. The Hall–Kier alpha value is -2.93. The van der Waals surface area contributed by atoms with Gasteiger partial charge in [0.1, 0.15) is 11.6 Å². The summed E-state index contributed by atoms with van der Waals surface area (Å²) in [6.45, 7) is 1.41. The maximum atomic E-state index is 14.1. The normalized spacial score (nSPS) is 15.4. The van der Waals surface area contributed by atoms with Gasteiger partial charge in [0.05, 0.1) is 5.69 Å². The van der Waals surface area contributed by atoms with Gasteiger partial charge < -0.3 is 20.1 Å². The highest BCUT2D eigenvalue weighted by Gasteiger charge is 2.37. The number of rotatable bonds is 4. The van der Waals surface area contributed by atoms with Gasteiger partial charge in [-0.15, -0.1) is 0 Å². The van der Waals surface area contributed by atoms with Crippen molar-refractivity contribution in [2.45, 2.75) is 12.5 Å². The summed E-state index contributed by atoms with van der Waals surface area (Å²) in [6.07, 6.45) is 0. The van der Waals surface area contributed by atoms with Crippen LogP contribution in [0.25, 0.3) is 0 Å². The van der Waals surface area contributed by atoms with E-state index in [9.17, 15) is 14.0 Å². The molecular weight excluding hydrogens is 327 g/mol. The molecule has 1 atom stereocenters. The van der Waals surface area contributed by atoms with E-state index in [2.05, 4.69) is 10.6 Å². The highest BCUT2D eigenvalue weighted by Crippen LogP contribution is 2.33. The molecule has 2 amide bonds. The van der Waals surface area contributed by atoms with Crippen molar-refractivity contribution in [1.29, 1.82) is 0 Å². The van der Waals surface area contributed by atoms with Crippen LogP contribution in [0.1, 0.15) is 12.5 Å². The average Bonchev–Trinajstić information content (AvgIpc) is 2.61. The van der Waals surface area contributed by atoms with Gasteiger partial charge in [0, 0.05) is 24.4 Å². The fraction of sp³-hybridized carbons (Fsp3) is 0.222. The number of ether oxygens (including phenoxy) is 2. The minimum atomic E-state index is -1.50. The van der Waals surface area contributed by atoms with Gasteiger partial charge in [0.25, 0.3) is 11.8 Å². The van der Waals surface area contributed by atoms with Gasteiger partial charge in [-0.25, -0.2) is 4.39 Å². The van der Waals surface area contributed by atoms with Crippen LogP contribution < -0.4 is 15.4 Å². The fourth-order valence-corrected chi connectivity index (χ4v) is 2.58. The van der Waals surface area contributed by atoms with Crippen molar-refractivity contribution in [3.8, 4) is 5.75 Å². The van der Waals surface area contributed by atoms with Crippen LogP contribution in [-0.4, -0.2) is 25.5 Å². The van der Waals surface area contributed by atoms with Crippen LogP contribution in [0, 0.1) is 5.82 Å². The zero-order chi connectivity index (χ0) is 18.0. The molecule has 6 nitrogen and oxygen atoms in total. The van der Waals surface area contributed by atoms with E-state index in [4.69, 9.17) is 9.47 Å². The molecule has 0 saturated heterocycles. The lowest BCUT2D eigenvalue weighted by Crippen LogP contribution is -2.40. The number of carbonyl (C=O) groups is 2. The molecule has 0 saturated carbocycles. The monoisotopic (exact) mass is 344 g/mol. The summed E-state index contributed by atoms with van der Waals surface area (Å²) >= 11 is 0. The van der Waals surface area contributed by atoms with Crippen LogP contribution in [0.3, 0.4) is 0 Å². The number of fused-ring (bicyclic) bond motifs is 1. The second-order valence-corrected chi connectivity index (χ2v) is 5.72. The fourth-order valence-electron chi connectivity index (χ4n) is 2.58. The van der Waals surface area contributed by atoms with Crippen molar-refractivity contribution in [2.75, 3.05) is 24.4 Å². The second-order valence-electron chi connectivity index (χ2n) is 5.72. The molecule has 1 heterocycles. The molecule has 7 heteroatoms. The third-order valence-corrected chi connectivity index (χ3v) is 4.10. The van der Waals surface area contributed by atoms with Crippen LogP contribution in [0.5, 0.6) is 5.75 Å². The molecule has 0 aliphatic carbocycles. The lowest BCUT2D eigenvalue weighted by molar-refractivity contribution is -0.137. The van der Waals surface area contributed by atoms with Crippen molar-refractivity contribution < 1.29 is 23.5 Å². The highest BCUT2D eigenvalue weighted by atomic mass is 19.1. The quantitative estimate of drug-likeness (QED) is 0.894. The molecule has 2 aromatic rings. The van der Waals surface area contributed by atoms with Crippen LogP contribution >= 0.6 is 0 Å². The molecule has 0 unspecified atom stereocenters. The predicted octanol–water partition coefficient (Wildman–Crippen LogP) is 2.66. The van der Waals surface area contributed by atoms with E-state index in [1.165, 1.54) is 26.2 Å². The smallest absolute Gasteiger partial charge is 0.262 e. The van der Waals surface area contributed by atoms with Crippen molar-refractivity contribution in [3.63, 3.8) is 0 Å². The summed E-state index contributed by atoms with van der Waals surface area (Å²) < 4.78 is 24.8. The standard InChI is InChI=1S/C18H17FN2O4/c1-18(24-2,12-5-3-4-6-13(12)19)17(23)20-11-7-8-14-15(9-11)25-10-16(22)21-14/h3-9H,10H2,1-2H3,(H,20,23)(H,21,22)/t18-/m0/s1. The van der Waals surface area contributed by atoms with Crippen LogP contribution in [-0.2, 0) is 19.9 Å². The average molecular weight is 344 g/mol. The van der Waals surface area contributed by atoms with Crippen molar-refractivity contribution in [3.05, 3.63) is 53.8 Å². The van der Waals surface area contributed by atoms with Gasteiger partial charge in [-0.1, -0.05) is 18.2 Å². The van der Waals surface area contributed by atoms with E-state index in [0.29, 0.717) is 17.1 Å². The molecule has 0 bridgehead atoms. The number of benzene rings is 2. The Labute approximate surface area is 143 Å². The summed E-state index contributed by atoms with van der Waals surface area (Å²) in [5, 5.41) is 5.36. The maximum Gasteiger partial charge on any atom is 0.262 e. The molecule has 25 heavy (non-hydrogen) atoms. The van der Waals surface area contributed by atoms with Crippen molar-refractivity contribution in [1.82, 2.24) is 0 Å². The first-order valence-corrected chi connectivity index (χ1v) is 7.62. The summed E-state index contributed by atoms with van der Waals surface area (Å²) in [4.78, 5) is 24.0. The molecule has 3 rings (SSSR count). The van der Waals surface area contributed by atoms with E-state index in [-0.39, 0.29) is 18.1 Å². The third kappa shape index (κ3) is 3.18. The number of amides is 2. The Morgan fingerprint density at radius 3 is 2.80 bits per heavy atom. The van der Waals surface area contributed by atoms with Gasteiger partial charge in [-0.3, -0.25) is 9.59 Å². The first-order valence-electron chi connectivity index (χ1n) is 7.62. The number of carbonyl (C=O) groups excluding carboxylic acids is 2. The minimum absolute atomic E-state index is 0.0879. The lowest BCUT2D eigenvalue weighted by Gasteiger charge is -2.28. The Morgan fingerprint density at radius 2 is 2.08 bits per heavy atom. The van der Waals surface area contributed by atoms with Crippen LogP contribution in [0.15, 0.2) is 42.5 Å². The highest BCUT2D eigenvalue weighted by molar-refractivity contribution is 5.99. The molecule has 0 spiro atoms. The van der Waals surface area contributed by atoms with E-state index in [0.717, 1.165) is 0 Å². The van der Waals surface area contributed by atoms with E-state index in [1.54, 1.807) is 30.3 Å². The summed E-state index contributed by atoms with van der Waals surface area (Å²) in [6, 6.07) is 10.8. The minimum Gasteiger partial charge on any atom is -0.482 e. The molecule has 0 fully saturated rings. The zero-order valence-electron chi connectivity index (χ0n) is 13.8. The van der Waals surface area contributed by atoms with E-state index < -0.39 is 17.3 Å².